The molecule has 4 heteroatoms. The average Bonchev–Trinajstić information content (AvgIpc) is 2.49. The van der Waals surface area contributed by atoms with Gasteiger partial charge in [-0.1, -0.05) is 26.0 Å². The highest BCUT2D eigenvalue weighted by Crippen LogP contribution is 2.19. The molecule has 1 aliphatic heterocycles. The van der Waals surface area contributed by atoms with Gasteiger partial charge in [0, 0.05) is 31.2 Å². The van der Waals surface area contributed by atoms with Crippen molar-refractivity contribution in [2.24, 2.45) is 11.8 Å². The molecule has 0 aromatic heterocycles. The summed E-state index contributed by atoms with van der Waals surface area (Å²) in [5.74, 6) is 0.840. The number of rotatable bonds is 6. The van der Waals surface area contributed by atoms with Crippen molar-refractivity contribution < 1.29 is 4.79 Å². The molecule has 1 aromatic carbocycles. The lowest BCUT2D eigenvalue weighted by atomic mass is 10.00. The highest BCUT2D eigenvalue weighted by Gasteiger charge is 2.16. The molecule has 122 valence electrons. The highest BCUT2D eigenvalue weighted by atomic mass is 16.1. The number of carbonyl (C=O) groups excluding carboxylic acids is 1. The zero-order valence-corrected chi connectivity index (χ0v) is 14.1. The van der Waals surface area contributed by atoms with Gasteiger partial charge in [-0.25, -0.2) is 0 Å². The first-order valence-corrected chi connectivity index (χ1v) is 8.35. The van der Waals surface area contributed by atoms with Gasteiger partial charge in [-0.2, -0.15) is 0 Å². The van der Waals surface area contributed by atoms with Crippen LogP contribution in [0.2, 0.25) is 0 Å². The number of hydrogen-bond donors (Lipinski definition) is 2. The molecular formula is C18H29N3O. The van der Waals surface area contributed by atoms with Crippen LogP contribution >= 0.6 is 0 Å². The fraction of sp³-hybridized carbons (Fsp3) is 0.611. The first-order chi connectivity index (χ1) is 10.6. The van der Waals surface area contributed by atoms with Crippen LogP contribution in [-0.2, 0) is 11.3 Å². The zero-order valence-electron chi connectivity index (χ0n) is 14.1. The quantitative estimate of drug-likeness (QED) is 0.849. The molecule has 2 unspecified atom stereocenters. The van der Waals surface area contributed by atoms with E-state index in [0.717, 1.165) is 18.2 Å². The van der Waals surface area contributed by atoms with Crippen LogP contribution in [0.4, 0.5) is 5.69 Å². The van der Waals surface area contributed by atoms with Gasteiger partial charge in [0.1, 0.15) is 0 Å². The maximum atomic E-state index is 12.0. The maximum Gasteiger partial charge on any atom is 0.228 e. The third-order valence-electron chi connectivity index (χ3n) is 4.33. The summed E-state index contributed by atoms with van der Waals surface area (Å²) in [5, 5.41) is 6.00. The van der Waals surface area contributed by atoms with Crippen molar-refractivity contribution in [2.75, 3.05) is 32.0 Å². The number of likely N-dealkylation sites (tertiary alicyclic amines) is 1. The number of carbonyl (C=O) groups is 1. The van der Waals surface area contributed by atoms with E-state index in [1.54, 1.807) is 0 Å². The van der Waals surface area contributed by atoms with Gasteiger partial charge in [-0.05, 0) is 50.0 Å². The van der Waals surface area contributed by atoms with E-state index in [1.807, 2.05) is 26.1 Å². The van der Waals surface area contributed by atoms with Crippen LogP contribution in [0.15, 0.2) is 24.3 Å². The first kappa shape index (κ1) is 17.0. The van der Waals surface area contributed by atoms with E-state index in [1.165, 1.54) is 31.5 Å². The molecule has 2 atom stereocenters. The lowest BCUT2D eigenvalue weighted by molar-refractivity contribution is -0.119. The normalized spacial score (nSPS) is 20.6. The van der Waals surface area contributed by atoms with Gasteiger partial charge < -0.3 is 10.6 Å². The molecule has 1 aromatic rings. The molecule has 1 heterocycles. The Hall–Kier alpha value is -1.39. The third kappa shape index (κ3) is 5.11. The number of benzene rings is 1. The fourth-order valence-corrected chi connectivity index (χ4v) is 3.05. The molecule has 0 bridgehead atoms. The number of piperidine rings is 1. The minimum absolute atomic E-state index is 0.0282. The van der Waals surface area contributed by atoms with E-state index in [0.29, 0.717) is 6.54 Å². The Bertz CT molecular complexity index is 472. The van der Waals surface area contributed by atoms with E-state index in [-0.39, 0.29) is 11.8 Å². The molecule has 1 aliphatic rings. The predicted octanol–water partition coefficient (Wildman–Crippen LogP) is 2.71. The molecule has 2 rings (SSSR count). The van der Waals surface area contributed by atoms with E-state index in [4.69, 9.17) is 0 Å². The molecule has 1 amide bonds. The Kier molecular flexibility index (Phi) is 6.40. The zero-order chi connectivity index (χ0) is 15.9. The Morgan fingerprint density at radius 1 is 1.36 bits per heavy atom. The minimum atomic E-state index is -0.0282. The molecule has 22 heavy (non-hydrogen) atoms. The summed E-state index contributed by atoms with van der Waals surface area (Å²) in [6.07, 6.45) is 2.66. The van der Waals surface area contributed by atoms with E-state index in [9.17, 15) is 4.79 Å². The summed E-state index contributed by atoms with van der Waals surface area (Å²) < 4.78 is 0. The largest absolute Gasteiger partial charge is 0.326 e. The molecule has 4 nitrogen and oxygen atoms in total. The van der Waals surface area contributed by atoms with Crippen LogP contribution in [0.3, 0.4) is 0 Å². The van der Waals surface area contributed by atoms with Gasteiger partial charge >= 0.3 is 0 Å². The summed E-state index contributed by atoms with van der Waals surface area (Å²) in [5.41, 5.74) is 2.19. The minimum Gasteiger partial charge on any atom is -0.326 e. The standard InChI is InChI=1S/C18H29N3O/c1-14-5-4-10-21(12-14)13-16-6-8-17(9-7-16)20-18(22)15(2)11-19-3/h6-9,14-15,19H,4-5,10-13H2,1-3H3,(H,20,22). The second kappa shape index (κ2) is 8.30. The Balaban J connectivity index is 1.86. The van der Waals surface area contributed by atoms with Crippen molar-refractivity contribution in [3.63, 3.8) is 0 Å². The van der Waals surface area contributed by atoms with Crippen LogP contribution < -0.4 is 10.6 Å². The van der Waals surface area contributed by atoms with Crippen molar-refractivity contribution in [1.82, 2.24) is 10.2 Å². The number of anilines is 1. The lowest BCUT2D eigenvalue weighted by Gasteiger charge is -2.30. The van der Waals surface area contributed by atoms with Crippen molar-refractivity contribution in [2.45, 2.75) is 33.2 Å². The number of nitrogens with one attached hydrogen (secondary N) is 2. The van der Waals surface area contributed by atoms with Crippen LogP contribution in [-0.4, -0.2) is 37.5 Å². The van der Waals surface area contributed by atoms with Gasteiger partial charge in [0.05, 0.1) is 0 Å². The van der Waals surface area contributed by atoms with Gasteiger partial charge in [0.15, 0.2) is 0 Å². The van der Waals surface area contributed by atoms with Crippen molar-refractivity contribution in [3.8, 4) is 0 Å². The number of hydrogen-bond acceptors (Lipinski definition) is 3. The molecule has 0 saturated carbocycles. The topological polar surface area (TPSA) is 44.4 Å². The second-order valence-electron chi connectivity index (χ2n) is 6.63. The first-order valence-electron chi connectivity index (χ1n) is 8.35. The van der Waals surface area contributed by atoms with Crippen LogP contribution in [0, 0.1) is 11.8 Å². The SMILES string of the molecule is CNCC(C)C(=O)Nc1ccc(CN2CCCC(C)C2)cc1. The van der Waals surface area contributed by atoms with E-state index in [2.05, 4.69) is 34.6 Å². The monoisotopic (exact) mass is 303 g/mol. The van der Waals surface area contributed by atoms with Crippen LogP contribution in [0.25, 0.3) is 0 Å². The molecule has 1 fully saturated rings. The van der Waals surface area contributed by atoms with Crippen molar-refractivity contribution in [1.29, 1.82) is 0 Å². The van der Waals surface area contributed by atoms with Gasteiger partial charge in [0.25, 0.3) is 0 Å². The maximum absolute atomic E-state index is 12.0. The summed E-state index contributed by atoms with van der Waals surface area (Å²) in [7, 11) is 1.86. The lowest BCUT2D eigenvalue weighted by Crippen LogP contribution is -2.33. The summed E-state index contributed by atoms with van der Waals surface area (Å²) in [6, 6.07) is 8.26. The molecule has 0 spiro atoms. The molecule has 1 saturated heterocycles. The van der Waals surface area contributed by atoms with Crippen molar-refractivity contribution >= 4 is 11.6 Å². The Morgan fingerprint density at radius 3 is 2.73 bits per heavy atom. The number of nitrogens with zero attached hydrogens (tertiary/aromatic N) is 1. The summed E-state index contributed by atoms with van der Waals surface area (Å²) in [4.78, 5) is 14.5. The predicted molar refractivity (Wildman–Crippen MR) is 91.8 cm³/mol. The number of amides is 1. The summed E-state index contributed by atoms with van der Waals surface area (Å²) in [6.45, 7) is 8.35. The second-order valence-corrected chi connectivity index (χ2v) is 6.63. The molecular weight excluding hydrogens is 274 g/mol. The average molecular weight is 303 g/mol. The van der Waals surface area contributed by atoms with Gasteiger partial charge in [-0.3, -0.25) is 9.69 Å². The molecule has 0 aliphatic carbocycles. The van der Waals surface area contributed by atoms with E-state index < -0.39 is 0 Å². The smallest absolute Gasteiger partial charge is 0.228 e. The molecule has 0 radical (unpaired) electrons. The summed E-state index contributed by atoms with van der Waals surface area (Å²) >= 11 is 0. The fourth-order valence-electron chi connectivity index (χ4n) is 3.05. The Labute approximate surface area is 134 Å². The Morgan fingerprint density at radius 2 is 2.09 bits per heavy atom. The van der Waals surface area contributed by atoms with Crippen LogP contribution in [0.1, 0.15) is 32.3 Å². The van der Waals surface area contributed by atoms with Gasteiger partial charge in [-0.15, -0.1) is 0 Å². The van der Waals surface area contributed by atoms with Gasteiger partial charge in [0.2, 0.25) is 5.91 Å². The third-order valence-corrected chi connectivity index (χ3v) is 4.33. The van der Waals surface area contributed by atoms with Crippen molar-refractivity contribution in [3.05, 3.63) is 29.8 Å². The molecule has 2 N–H and O–H groups in total. The van der Waals surface area contributed by atoms with Crippen LogP contribution in [0.5, 0.6) is 0 Å². The highest BCUT2D eigenvalue weighted by molar-refractivity contribution is 5.92. The van der Waals surface area contributed by atoms with E-state index >= 15 is 0 Å².